The van der Waals surface area contributed by atoms with E-state index in [-0.39, 0.29) is 0 Å². The number of hydrogen-bond donors (Lipinski definition) is 0. The van der Waals surface area contributed by atoms with E-state index < -0.39 is 0 Å². The summed E-state index contributed by atoms with van der Waals surface area (Å²) in [6.07, 6.45) is 0.910. The molecule has 2 heterocycles. The molecule has 0 spiro atoms. The molecule has 0 N–H and O–H groups in total. The Hall–Kier alpha value is -0.930. The van der Waals surface area contributed by atoms with Gasteiger partial charge in [-0.1, -0.05) is 0 Å². The summed E-state index contributed by atoms with van der Waals surface area (Å²) >= 11 is 3.23. The molecule has 0 fully saturated rings. The van der Waals surface area contributed by atoms with Crippen LogP contribution in [0.2, 0.25) is 0 Å². The number of thiophene rings is 2. The molecule has 0 aliphatic heterocycles. The van der Waals surface area contributed by atoms with Gasteiger partial charge in [-0.2, -0.15) is 11.3 Å². The van der Waals surface area contributed by atoms with Crippen molar-refractivity contribution < 1.29 is 4.79 Å². The molecule has 0 saturated heterocycles. The quantitative estimate of drug-likeness (QED) is 0.689. The molecule has 0 atom stereocenters. The number of carbonyl (C=O) groups excluding carboxylic acids is 1. The molecular formula is C10H8OS2. The maximum absolute atomic E-state index is 10.6. The standard InChI is InChI=1S/C10H8OS2/c1-7-4-9(5-11)13-10(7)8-2-3-12-6-8/h2-6H,1H3. The van der Waals surface area contributed by atoms with Crippen LogP contribution in [0.4, 0.5) is 0 Å². The highest BCUT2D eigenvalue weighted by Crippen LogP contribution is 2.32. The number of aldehydes is 1. The van der Waals surface area contributed by atoms with Crippen molar-refractivity contribution in [2.45, 2.75) is 6.92 Å². The van der Waals surface area contributed by atoms with E-state index in [1.165, 1.54) is 16.0 Å². The Kier molecular flexibility index (Phi) is 2.29. The lowest BCUT2D eigenvalue weighted by Crippen LogP contribution is -1.68. The first-order chi connectivity index (χ1) is 6.31. The summed E-state index contributed by atoms with van der Waals surface area (Å²) in [5.41, 5.74) is 2.41. The predicted molar refractivity (Wildman–Crippen MR) is 57.8 cm³/mol. The van der Waals surface area contributed by atoms with Gasteiger partial charge >= 0.3 is 0 Å². The molecule has 2 rings (SSSR count). The molecule has 1 nitrogen and oxygen atoms in total. The summed E-state index contributed by atoms with van der Waals surface area (Å²) in [7, 11) is 0. The molecule has 3 heteroatoms. The summed E-state index contributed by atoms with van der Waals surface area (Å²) < 4.78 is 0. The fourth-order valence-electron chi connectivity index (χ4n) is 1.25. The van der Waals surface area contributed by atoms with Crippen LogP contribution >= 0.6 is 22.7 Å². The highest BCUT2D eigenvalue weighted by Gasteiger charge is 2.06. The first-order valence-electron chi connectivity index (χ1n) is 3.89. The smallest absolute Gasteiger partial charge is 0.160 e. The minimum absolute atomic E-state index is 0.804. The fourth-order valence-corrected chi connectivity index (χ4v) is 2.95. The van der Waals surface area contributed by atoms with Gasteiger partial charge in [-0.25, -0.2) is 0 Å². The Morgan fingerprint density at radius 1 is 1.46 bits per heavy atom. The molecule has 13 heavy (non-hydrogen) atoms. The largest absolute Gasteiger partial charge is 0.297 e. The van der Waals surface area contributed by atoms with Crippen molar-refractivity contribution >= 4 is 29.0 Å². The Morgan fingerprint density at radius 3 is 2.85 bits per heavy atom. The van der Waals surface area contributed by atoms with Gasteiger partial charge in [-0.05, 0) is 35.4 Å². The third-order valence-electron chi connectivity index (χ3n) is 1.84. The van der Waals surface area contributed by atoms with Crippen molar-refractivity contribution in [3.05, 3.63) is 33.3 Å². The van der Waals surface area contributed by atoms with Gasteiger partial charge in [0.25, 0.3) is 0 Å². The van der Waals surface area contributed by atoms with E-state index in [0.717, 1.165) is 11.2 Å². The summed E-state index contributed by atoms with van der Waals surface area (Å²) in [6.45, 7) is 2.04. The van der Waals surface area contributed by atoms with Crippen LogP contribution in [0.1, 0.15) is 15.2 Å². The maximum Gasteiger partial charge on any atom is 0.160 e. The Morgan fingerprint density at radius 2 is 2.31 bits per heavy atom. The van der Waals surface area contributed by atoms with Crippen LogP contribution in [-0.2, 0) is 0 Å². The van der Waals surface area contributed by atoms with Crippen LogP contribution < -0.4 is 0 Å². The van der Waals surface area contributed by atoms with Crippen molar-refractivity contribution in [1.29, 1.82) is 0 Å². The zero-order valence-corrected chi connectivity index (χ0v) is 8.74. The number of rotatable bonds is 2. The van der Waals surface area contributed by atoms with Gasteiger partial charge in [0.2, 0.25) is 0 Å². The normalized spacial score (nSPS) is 10.2. The average molecular weight is 208 g/mol. The molecule has 0 radical (unpaired) electrons. The second-order valence-electron chi connectivity index (χ2n) is 2.79. The fraction of sp³-hybridized carbons (Fsp3) is 0.100. The van der Waals surface area contributed by atoms with Gasteiger partial charge in [-0.3, -0.25) is 4.79 Å². The molecule has 0 saturated carbocycles. The Bertz CT molecular complexity index is 412. The Labute approximate surface area is 84.7 Å². The lowest BCUT2D eigenvalue weighted by atomic mass is 10.2. The van der Waals surface area contributed by atoms with Crippen LogP contribution in [0.25, 0.3) is 10.4 Å². The second-order valence-corrected chi connectivity index (χ2v) is 4.65. The van der Waals surface area contributed by atoms with Crippen LogP contribution in [0, 0.1) is 6.92 Å². The minimum atomic E-state index is 0.804. The summed E-state index contributed by atoms with van der Waals surface area (Å²) in [5, 5.41) is 4.16. The summed E-state index contributed by atoms with van der Waals surface area (Å²) in [4.78, 5) is 12.6. The first-order valence-corrected chi connectivity index (χ1v) is 5.65. The van der Waals surface area contributed by atoms with Crippen molar-refractivity contribution in [2.24, 2.45) is 0 Å². The molecular weight excluding hydrogens is 200 g/mol. The summed E-state index contributed by atoms with van der Waals surface area (Å²) in [6, 6.07) is 4.02. The summed E-state index contributed by atoms with van der Waals surface area (Å²) in [5.74, 6) is 0. The van der Waals surface area contributed by atoms with Gasteiger partial charge in [0.1, 0.15) is 0 Å². The molecule has 0 aliphatic rings. The van der Waals surface area contributed by atoms with E-state index >= 15 is 0 Å². The van der Waals surface area contributed by atoms with Crippen LogP contribution in [0.15, 0.2) is 22.9 Å². The van der Waals surface area contributed by atoms with Crippen molar-refractivity contribution in [1.82, 2.24) is 0 Å². The highest BCUT2D eigenvalue weighted by atomic mass is 32.1. The lowest BCUT2D eigenvalue weighted by Gasteiger charge is -1.92. The van der Waals surface area contributed by atoms with Crippen LogP contribution in [0.5, 0.6) is 0 Å². The zero-order chi connectivity index (χ0) is 9.26. The second kappa shape index (κ2) is 3.44. The van der Waals surface area contributed by atoms with E-state index in [9.17, 15) is 4.79 Å². The van der Waals surface area contributed by atoms with Crippen LogP contribution in [-0.4, -0.2) is 6.29 Å². The van der Waals surface area contributed by atoms with Gasteiger partial charge in [0.15, 0.2) is 6.29 Å². The van der Waals surface area contributed by atoms with E-state index in [1.54, 1.807) is 22.7 Å². The van der Waals surface area contributed by atoms with E-state index in [1.807, 2.05) is 13.0 Å². The first kappa shape index (κ1) is 8.66. The van der Waals surface area contributed by atoms with Crippen LogP contribution in [0.3, 0.4) is 0 Å². The molecule has 0 unspecified atom stereocenters. The molecule has 0 aromatic carbocycles. The van der Waals surface area contributed by atoms with E-state index in [0.29, 0.717) is 0 Å². The monoisotopic (exact) mass is 208 g/mol. The minimum Gasteiger partial charge on any atom is -0.297 e. The SMILES string of the molecule is Cc1cc(C=O)sc1-c1ccsc1. The number of hydrogen-bond acceptors (Lipinski definition) is 3. The van der Waals surface area contributed by atoms with Crippen molar-refractivity contribution in [3.8, 4) is 10.4 Å². The molecule has 2 aromatic heterocycles. The molecule has 0 amide bonds. The average Bonchev–Trinajstić information content (AvgIpc) is 2.72. The topological polar surface area (TPSA) is 17.1 Å². The van der Waals surface area contributed by atoms with Gasteiger partial charge in [0, 0.05) is 10.4 Å². The zero-order valence-electron chi connectivity index (χ0n) is 7.11. The van der Waals surface area contributed by atoms with Gasteiger partial charge < -0.3 is 0 Å². The van der Waals surface area contributed by atoms with Crippen molar-refractivity contribution in [2.75, 3.05) is 0 Å². The molecule has 2 aromatic rings. The number of aryl methyl sites for hydroxylation is 1. The van der Waals surface area contributed by atoms with Crippen molar-refractivity contribution in [3.63, 3.8) is 0 Å². The maximum atomic E-state index is 10.6. The predicted octanol–water partition coefficient (Wildman–Crippen LogP) is 3.60. The third-order valence-corrected chi connectivity index (χ3v) is 3.73. The third kappa shape index (κ3) is 1.57. The van der Waals surface area contributed by atoms with Gasteiger partial charge in [-0.15, -0.1) is 11.3 Å². The lowest BCUT2D eigenvalue weighted by molar-refractivity contribution is 0.112. The van der Waals surface area contributed by atoms with E-state index in [2.05, 4.69) is 16.8 Å². The molecule has 0 aliphatic carbocycles. The Balaban J connectivity index is 2.52. The van der Waals surface area contributed by atoms with E-state index in [4.69, 9.17) is 0 Å². The molecule has 0 bridgehead atoms. The molecule has 66 valence electrons. The highest BCUT2D eigenvalue weighted by molar-refractivity contribution is 7.17. The number of carbonyl (C=O) groups is 1. The van der Waals surface area contributed by atoms with Gasteiger partial charge in [0.05, 0.1) is 4.88 Å².